The van der Waals surface area contributed by atoms with Gasteiger partial charge in [-0.2, -0.15) is 0 Å². The van der Waals surface area contributed by atoms with E-state index in [1.807, 2.05) is 17.2 Å². The summed E-state index contributed by atoms with van der Waals surface area (Å²) in [5, 5.41) is 0. The van der Waals surface area contributed by atoms with Gasteiger partial charge in [-0.15, -0.1) is 0 Å². The van der Waals surface area contributed by atoms with Crippen molar-refractivity contribution in [1.82, 2.24) is 4.90 Å². The van der Waals surface area contributed by atoms with Crippen LogP contribution in [0.3, 0.4) is 0 Å². The van der Waals surface area contributed by atoms with Crippen LogP contribution in [0.15, 0.2) is 36.7 Å². The fourth-order valence-electron chi connectivity index (χ4n) is 0.921. The van der Waals surface area contributed by atoms with Crippen molar-refractivity contribution in [3.05, 3.63) is 36.7 Å². The van der Waals surface area contributed by atoms with Crippen LogP contribution in [0.2, 0.25) is 0 Å². The Morgan fingerprint density at radius 2 is 2.13 bits per heavy atom. The van der Waals surface area contributed by atoms with Crippen molar-refractivity contribution in [3.8, 4) is 0 Å². The quantitative estimate of drug-likeness (QED) is 0.597. The molecule has 0 aromatic rings. The molecule has 2 nitrogen and oxygen atoms in total. The Bertz CT molecular complexity index is 229. The van der Waals surface area contributed by atoms with Crippen molar-refractivity contribution in [2.24, 2.45) is 5.92 Å². The first kappa shape index (κ1) is 14.0. The summed E-state index contributed by atoms with van der Waals surface area (Å²) in [5.74, 6) is 0.603. The summed E-state index contributed by atoms with van der Waals surface area (Å²) in [6, 6.07) is 0. The molecule has 0 fully saturated rings. The molecule has 0 spiro atoms. The molecule has 2 heteroatoms. The molecule has 0 heterocycles. The minimum Gasteiger partial charge on any atom is -0.383 e. The first-order valence-electron chi connectivity index (χ1n) is 5.34. The van der Waals surface area contributed by atoms with E-state index < -0.39 is 0 Å². The van der Waals surface area contributed by atoms with E-state index in [0.717, 1.165) is 6.54 Å². The van der Waals surface area contributed by atoms with Gasteiger partial charge in [-0.3, -0.25) is 0 Å². The van der Waals surface area contributed by atoms with Gasteiger partial charge in [-0.1, -0.05) is 32.1 Å². The van der Waals surface area contributed by atoms with Crippen molar-refractivity contribution >= 4 is 0 Å². The highest BCUT2D eigenvalue weighted by Gasteiger charge is 1.94. The summed E-state index contributed by atoms with van der Waals surface area (Å²) >= 11 is 0. The van der Waals surface area contributed by atoms with E-state index in [-0.39, 0.29) is 0 Å². The van der Waals surface area contributed by atoms with Crippen LogP contribution in [0, 0.1) is 5.92 Å². The van der Waals surface area contributed by atoms with Gasteiger partial charge >= 0.3 is 0 Å². The molecule has 0 rings (SSSR count). The zero-order chi connectivity index (χ0) is 11.7. The van der Waals surface area contributed by atoms with Gasteiger partial charge in [-0.05, 0) is 25.1 Å². The summed E-state index contributed by atoms with van der Waals surface area (Å²) < 4.78 is 5.00. The van der Waals surface area contributed by atoms with E-state index in [1.165, 1.54) is 5.57 Å². The fourth-order valence-corrected chi connectivity index (χ4v) is 0.921. The molecule has 0 N–H and O–H groups in total. The Morgan fingerprint density at radius 3 is 2.60 bits per heavy atom. The summed E-state index contributed by atoms with van der Waals surface area (Å²) in [7, 11) is 1.70. The second-order valence-electron chi connectivity index (χ2n) is 3.82. The molecular formula is C13H23NO. The maximum Gasteiger partial charge on any atom is 0.0641 e. The molecule has 0 aliphatic heterocycles. The molecule has 0 unspecified atom stereocenters. The predicted molar refractivity (Wildman–Crippen MR) is 66.5 cm³/mol. The van der Waals surface area contributed by atoms with E-state index in [1.54, 1.807) is 13.3 Å². The number of rotatable bonds is 7. The second kappa shape index (κ2) is 8.30. The van der Waals surface area contributed by atoms with Gasteiger partial charge in [-0.25, -0.2) is 0 Å². The molecule has 15 heavy (non-hydrogen) atoms. The normalized spacial score (nSPS) is 12.5. The van der Waals surface area contributed by atoms with Crippen LogP contribution in [-0.2, 0) is 4.74 Å². The first-order chi connectivity index (χ1) is 7.11. The SMILES string of the molecule is C=CN(/C=C\C=C(/C)C(C)C)CCOC. The predicted octanol–water partition coefficient (Wildman–Crippen LogP) is 3.19. The Hall–Kier alpha value is -1.02. The van der Waals surface area contributed by atoms with E-state index in [0.29, 0.717) is 12.5 Å². The molecular weight excluding hydrogens is 186 g/mol. The van der Waals surface area contributed by atoms with Gasteiger partial charge in [0.2, 0.25) is 0 Å². The van der Waals surface area contributed by atoms with Gasteiger partial charge < -0.3 is 9.64 Å². The molecule has 0 aliphatic carbocycles. The number of allylic oxidation sites excluding steroid dienone is 3. The monoisotopic (exact) mass is 209 g/mol. The second-order valence-corrected chi connectivity index (χ2v) is 3.82. The standard InChI is InChI=1S/C13H23NO/c1-6-14(10-11-15-5)9-7-8-13(4)12(2)3/h6-9,12H,1,10-11H2,2-5H3/b9-7-,13-8+. The first-order valence-corrected chi connectivity index (χ1v) is 5.34. The van der Waals surface area contributed by atoms with Crippen molar-refractivity contribution in [3.63, 3.8) is 0 Å². The van der Waals surface area contributed by atoms with Crippen molar-refractivity contribution in [2.75, 3.05) is 20.3 Å². The molecule has 0 bridgehead atoms. The molecule has 0 radical (unpaired) electrons. The van der Waals surface area contributed by atoms with Crippen LogP contribution >= 0.6 is 0 Å². The minimum absolute atomic E-state index is 0.603. The maximum absolute atomic E-state index is 5.00. The lowest BCUT2D eigenvalue weighted by atomic mass is 10.1. The minimum atomic E-state index is 0.603. The van der Waals surface area contributed by atoms with Crippen LogP contribution in [0.25, 0.3) is 0 Å². The summed E-state index contributed by atoms with van der Waals surface area (Å²) in [6.45, 7) is 11.8. The lowest BCUT2D eigenvalue weighted by molar-refractivity contribution is 0.182. The highest BCUT2D eigenvalue weighted by atomic mass is 16.5. The highest BCUT2D eigenvalue weighted by Crippen LogP contribution is 2.07. The Balaban J connectivity index is 4.11. The molecule has 0 saturated carbocycles. The number of hydrogen-bond donors (Lipinski definition) is 0. The lowest BCUT2D eigenvalue weighted by Crippen LogP contribution is -2.14. The fraction of sp³-hybridized carbons (Fsp3) is 0.538. The number of methoxy groups -OCH3 is 1. The van der Waals surface area contributed by atoms with Crippen molar-refractivity contribution in [2.45, 2.75) is 20.8 Å². The largest absolute Gasteiger partial charge is 0.383 e. The molecule has 0 aromatic heterocycles. The average Bonchev–Trinajstić information content (AvgIpc) is 2.22. The molecule has 0 atom stereocenters. The van der Waals surface area contributed by atoms with E-state index >= 15 is 0 Å². The Morgan fingerprint density at radius 1 is 1.47 bits per heavy atom. The van der Waals surface area contributed by atoms with Gasteiger partial charge in [0.25, 0.3) is 0 Å². The van der Waals surface area contributed by atoms with Gasteiger partial charge in [0, 0.05) is 19.9 Å². The number of hydrogen-bond acceptors (Lipinski definition) is 2. The lowest BCUT2D eigenvalue weighted by Gasteiger charge is -2.13. The highest BCUT2D eigenvalue weighted by molar-refractivity contribution is 5.12. The molecule has 0 saturated heterocycles. The Labute approximate surface area is 93.9 Å². The topological polar surface area (TPSA) is 12.5 Å². The van der Waals surface area contributed by atoms with Gasteiger partial charge in [0.1, 0.15) is 0 Å². The zero-order valence-electron chi connectivity index (χ0n) is 10.4. The van der Waals surface area contributed by atoms with E-state index in [9.17, 15) is 0 Å². The van der Waals surface area contributed by atoms with Crippen LogP contribution in [0.1, 0.15) is 20.8 Å². The van der Waals surface area contributed by atoms with Crippen molar-refractivity contribution in [1.29, 1.82) is 0 Å². The van der Waals surface area contributed by atoms with Crippen LogP contribution in [0.5, 0.6) is 0 Å². The zero-order valence-corrected chi connectivity index (χ0v) is 10.4. The van der Waals surface area contributed by atoms with E-state index in [4.69, 9.17) is 4.74 Å². The van der Waals surface area contributed by atoms with Crippen LogP contribution in [-0.4, -0.2) is 25.2 Å². The molecule has 0 amide bonds. The average molecular weight is 209 g/mol. The number of ether oxygens (including phenoxy) is 1. The Kier molecular flexibility index (Phi) is 7.74. The number of nitrogens with zero attached hydrogens (tertiary/aromatic N) is 1. The molecule has 0 aromatic carbocycles. The van der Waals surface area contributed by atoms with E-state index in [2.05, 4.69) is 33.4 Å². The summed E-state index contributed by atoms with van der Waals surface area (Å²) in [6.07, 6.45) is 7.99. The third kappa shape index (κ3) is 6.97. The van der Waals surface area contributed by atoms with Gasteiger partial charge in [0.05, 0.1) is 6.61 Å². The third-order valence-electron chi connectivity index (χ3n) is 2.34. The van der Waals surface area contributed by atoms with Crippen LogP contribution < -0.4 is 0 Å². The molecule has 86 valence electrons. The molecule has 0 aliphatic rings. The summed E-state index contributed by atoms with van der Waals surface area (Å²) in [5.41, 5.74) is 1.38. The summed E-state index contributed by atoms with van der Waals surface area (Å²) in [4.78, 5) is 2.01. The third-order valence-corrected chi connectivity index (χ3v) is 2.34. The van der Waals surface area contributed by atoms with Crippen LogP contribution in [0.4, 0.5) is 0 Å². The maximum atomic E-state index is 5.00. The van der Waals surface area contributed by atoms with Crippen molar-refractivity contribution < 1.29 is 4.74 Å². The van der Waals surface area contributed by atoms with Gasteiger partial charge in [0.15, 0.2) is 0 Å². The smallest absolute Gasteiger partial charge is 0.0641 e.